The Bertz CT molecular complexity index is 322. The summed E-state index contributed by atoms with van der Waals surface area (Å²) in [5, 5.41) is 13.4. The Balaban J connectivity index is 1.77. The van der Waals surface area contributed by atoms with Crippen molar-refractivity contribution in [1.82, 2.24) is 5.32 Å². The van der Waals surface area contributed by atoms with Crippen LogP contribution >= 0.6 is 0 Å². The van der Waals surface area contributed by atoms with E-state index in [9.17, 15) is 5.11 Å². The molecule has 1 aromatic carbocycles. The first-order valence-corrected chi connectivity index (χ1v) is 6.35. The fourth-order valence-corrected chi connectivity index (χ4v) is 2.22. The maximum atomic E-state index is 10.0. The molecule has 1 aliphatic rings. The molecule has 0 amide bonds. The van der Waals surface area contributed by atoms with Crippen molar-refractivity contribution in [2.24, 2.45) is 0 Å². The highest BCUT2D eigenvalue weighted by Crippen LogP contribution is 2.16. The Morgan fingerprint density at radius 3 is 2.82 bits per heavy atom. The van der Waals surface area contributed by atoms with E-state index in [4.69, 9.17) is 4.74 Å². The summed E-state index contributed by atoms with van der Waals surface area (Å²) in [7, 11) is 0. The van der Waals surface area contributed by atoms with Crippen molar-refractivity contribution >= 4 is 0 Å². The minimum Gasteiger partial charge on any atom is -0.387 e. The van der Waals surface area contributed by atoms with Gasteiger partial charge in [0, 0.05) is 19.2 Å². The molecule has 3 nitrogen and oxygen atoms in total. The molecule has 0 aromatic heterocycles. The number of hydrogen-bond acceptors (Lipinski definition) is 3. The lowest BCUT2D eigenvalue weighted by atomic mass is 10.1. The van der Waals surface area contributed by atoms with E-state index in [1.807, 2.05) is 30.3 Å². The number of nitrogens with one attached hydrogen (secondary N) is 1. The van der Waals surface area contributed by atoms with Gasteiger partial charge in [-0.05, 0) is 25.3 Å². The Morgan fingerprint density at radius 2 is 2.18 bits per heavy atom. The molecular formula is C14H21NO2. The normalized spacial score (nSPS) is 23.5. The van der Waals surface area contributed by atoms with Gasteiger partial charge in [0.05, 0.1) is 12.2 Å². The zero-order valence-corrected chi connectivity index (χ0v) is 10.3. The summed E-state index contributed by atoms with van der Waals surface area (Å²) in [4.78, 5) is 0. The Kier molecular flexibility index (Phi) is 4.54. The average molecular weight is 235 g/mol. The molecular weight excluding hydrogens is 214 g/mol. The predicted molar refractivity (Wildman–Crippen MR) is 67.8 cm³/mol. The van der Waals surface area contributed by atoms with Crippen LogP contribution in [0.2, 0.25) is 0 Å². The molecule has 1 aromatic rings. The van der Waals surface area contributed by atoms with Crippen molar-refractivity contribution in [3.63, 3.8) is 0 Å². The maximum Gasteiger partial charge on any atom is 0.0914 e. The molecule has 2 N–H and O–H groups in total. The number of hydrogen-bond donors (Lipinski definition) is 2. The SMILES string of the molecule is CC(NCC(O)c1ccccc1)C1CCCO1. The molecule has 0 aliphatic carbocycles. The molecule has 1 aliphatic heterocycles. The molecule has 1 fully saturated rings. The van der Waals surface area contributed by atoms with Crippen LogP contribution in [-0.4, -0.2) is 30.4 Å². The van der Waals surface area contributed by atoms with Crippen LogP contribution in [0, 0.1) is 0 Å². The van der Waals surface area contributed by atoms with E-state index in [1.165, 1.54) is 0 Å². The molecule has 0 saturated carbocycles. The predicted octanol–water partition coefficient (Wildman–Crippen LogP) is 1.88. The van der Waals surface area contributed by atoms with Crippen LogP contribution in [0.25, 0.3) is 0 Å². The number of aliphatic hydroxyl groups is 1. The molecule has 0 radical (unpaired) electrons. The van der Waals surface area contributed by atoms with Crippen molar-refractivity contribution in [2.45, 2.75) is 38.0 Å². The zero-order chi connectivity index (χ0) is 12.1. The van der Waals surface area contributed by atoms with Gasteiger partial charge in [-0.15, -0.1) is 0 Å². The minimum absolute atomic E-state index is 0.302. The van der Waals surface area contributed by atoms with Gasteiger partial charge in [0.25, 0.3) is 0 Å². The second kappa shape index (κ2) is 6.15. The van der Waals surface area contributed by atoms with Crippen molar-refractivity contribution in [2.75, 3.05) is 13.2 Å². The van der Waals surface area contributed by atoms with Crippen LogP contribution in [0.15, 0.2) is 30.3 Å². The van der Waals surface area contributed by atoms with Gasteiger partial charge in [-0.2, -0.15) is 0 Å². The summed E-state index contributed by atoms with van der Waals surface area (Å²) in [6.45, 7) is 3.57. The Labute approximate surface area is 103 Å². The van der Waals surface area contributed by atoms with Gasteiger partial charge < -0.3 is 15.2 Å². The smallest absolute Gasteiger partial charge is 0.0914 e. The van der Waals surface area contributed by atoms with E-state index in [1.54, 1.807) is 0 Å². The first-order valence-electron chi connectivity index (χ1n) is 6.35. The molecule has 94 valence electrons. The van der Waals surface area contributed by atoms with Crippen LogP contribution in [0.5, 0.6) is 0 Å². The van der Waals surface area contributed by atoms with Crippen molar-refractivity contribution in [3.05, 3.63) is 35.9 Å². The first-order chi connectivity index (χ1) is 8.27. The second-order valence-electron chi connectivity index (χ2n) is 4.67. The van der Waals surface area contributed by atoms with E-state index in [0.717, 1.165) is 25.0 Å². The van der Waals surface area contributed by atoms with Gasteiger partial charge in [0.2, 0.25) is 0 Å². The van der Waals surface area contributed by atoms with E-state index in [0.29, 0.717) is 18.7 Å². The van der Waals surface area contributed by atoms with Crippen molar-refractivity contribution in [3.8, 4) is 0 Å². The quantitative estimate of drug-likeness (QED) is 0.818. The molecule has 3 atom stereocenters. The lowest BCUT2D eigenvalue weighted by molar-refractivity contribution is 0.0765. The van der Waals surface area contributed by atoms with Crippen LogP contribution in [-0.2, 0) is 4.74 Å². The molecule has 1 saturated heterocycles. The Morgan fingerprint density at radius 1 is 1.41 bits per heavy atom. The highest BCUT2D eigenvalue weighted by atomic mass is 16.5. The van der Waals surface area contributed by atoms with Gasteiger partial charge in [-0.3, -0.25) is 0 Å². The van der Waals surface area contributed by atoms with Crippen LogP contribution in [0.4, 0.5) is 0 Å². The molecule has 0 bridgehead atoms. The van der Waals surface area contributed by atoms with Crippen LogP contribution in [0.1, 0.15) is 31.4 Å². The van der Waals surface area contributed by atoms with E-state index < -0.39 is 6.10 Å². The fraction of sp³-hybridized carbons (Fsp3) is 0.571. The monoisotopic (exact) mass is 235 g/mol. The van der Waals surface area contributed by atoms with Gasteiger partial charge in [0.15, 0.2) is 0 Å². The van der Waals surface area contributed by atoms with Crippen LogP contribution in [0.3, 0.4) is 0 Å². The number of benzene rings is 1. The maximum absolute atomic E-state index is 10.0. The molecule has 1 heterocycles. The third-order valence-corrected chi connectivity index (χ3v) is 3.34. The fourth-order valence-electron chi connectivity index (χ4n) is 2.22. The topological polar surface area (TPSA) is 41.5 Å². The van der Waals surface area contributed by atoms with Gasteiger partial charge in [-0.1, -0.05) is 30.3 Å². The molecule has 0 spiro atoms. The second-order valence-corrected chi connectivity index (χ2v) is 4.67. The molecule has 17 heavy (non-hydrogen) atoms. The summed E-state index contributed by atoms with van der Waals surface area (Å²) in [6, 6.07) is 10.0. The summed E-state index contributed by atoms with van der Waals surface area (Å²) >= 11 is 0. The number of rotatable bonds is 5. The lowest BCUT2D eigenvalue weighted by Gasteiger charge is -2.22. The molecule has 3 heteroatoms. The van der Waals surface area contributed by atoms with Gasteiger partial charge >= 0.3 is 0 Å². The zero-order valence-electron chi connectivity index (χ0n) is 10.3. The van der Waals surface area contributed by atoms with E-state index >= 15 is 0 Å². The lowest BCUT2D eigenvalue weighted by Crippen LogP contribution is -2.39. The molecule has 2 rings (SSSR count). The largest absolute Gasteiger partial charge is 0.387 e. The van der Waals surface area contributed by atoms with Gasteiger partial charge in [0.1, 0.15) is 0 Å². The summed E-state index contributed by atoms with van der Waals surface area (Å²) in [6.07, 6.45) is 2.13. The van der Waals surface area contributed by atoms with Crippen molar-refractivity contribution < 1.29 is 9.84 Å². The third kappa shape index (κ3) is 3.53. The number of aliphatic hydroxyl groups excluding tert-OH is 1. The van der Waals surface area contributed by atoms with E-state index in [-0.39, 0.29) is 0 Å². The highest BCUT2D eigenvalue weighted by molar-refractivity contribution is 5.17. The highest BCUT2D eigenvalue weighted by Gasteiger charge is 2.22. The van der Waals surface area contributed by atoms with Crippen molar-refractivity contribution in [1.29, 1.82) is 0 Å². The molecule has 3 unspecified atom stereocenters. The first kappa shape index (κ1) is 12.6. The Hall–Kier alpha value is -0.900. The summed E-state index contributed by atoms with van der Waals surface area (Å²) in [5.41, 5.74) is 0.958. The minimum atomic E-state index is -0.444. The van der Waals surface area contributed by atoms with Gasteiger partial charge in [-0.25, -0.2) is 0 Å². The summed E-state index contributed by atoms with van der Waals surface area (Å²) < 4.78 is 5.61. The van der Waals surface area contributed by atoms with Crippen LogP contribution < -0.4 is 5.32 Å². The third-order valence-electron chi connectivity index (χ3n) is 3.34. The number of ether oxygens (including phenoxy) is 1. The standard InChI is InChI=1S/C14H21NO2/c1-11(14-8-5-9-17-14)15-10-13(16)12-6-3-2-4-7-12/h2-4,6-7,11,13-16H,5,8-10H2,1H3. The summed E-state index contributed by atoms with van der Waals surface area (Å²) in [5.74, 6) is 0. The average Bonchev–Trinajstić information content (AvgIpc) is 2.90. The van der Waals surface area contributed by atoms with E-state index in [2.05, 4.69) is 12.2 Å².